The van der Waals surface area contributed by atoms with Crippen molar-refractivity contribution in [3.63, 3.8) is 0 Å². The van der Waals surface area contributed by atoms with Crippen LogP contribution in [0, 0.1) is 5.82 Å². The van der Waals surface area contributed by atoms with E-state index in [2.05, 4.69) is 15.4 Å². The highest BCUT2D eigenvalue weighted by molar-refractivity contribution is 5.90. The number of amides is 3. The lowest BCUT2D eigenvalue weighted by atomic mass is 10.2. The van der Waals surface area contributed by atoms with Crippen molar-refractivity contribution in [2.45, 2.75) is 25.5 Å². The monoisotopic (exact) mass is 394 g/mol. The average molecular weight is 394 g/mol. The van der Waals surface area contributed by atoms with Gasteiger partial charge in [-0.05, 0) is 24.6 Å². The first-order valence-corrected chi connectivity index (χ1v) is 8.99. The van der Waals surface area contributed by atoms with Gasteiger partial charge in [0.15, 0.2) is 0 Å². The molecule has 152 valence electrons. The molecule has 28 heavy (non-hydrogen) atoms. The lowest BCUT2D eigenvalue weighted by Gasteiger charge is -2.21. The molecule has 2 N–H and O–H groups in total. The van der Waals surface area contributed by atoms with Crippen molar-refractivity contribution in [2.24, 2.45) is 0 Å². The van der Waals surface area contributed by atoms with Crippen LogP contribution < -0.4 is 20.4 Å². The first-order valence-electron chi connectivity index (χ1n) is 8.99. The molecular weight excluding hydrogens is 371 g/mol. The van der Waals surface area contributed by atoms with Crippen molar-refractivity contribution in [1.82, 2.24) is 10.6 Å². The number of hydrogen-bond acceptors (Lipinski definition) is 6. The molecule has 9 nitrogen and oxygen atoms in total. The third-order valence-corrected chi connectivity index (χ3v) is 4.73. The molecular formula is C18H23FN4O5. The zero-order chi connectivity index (χ0) is 20.3. The summed E-state index contributed by atoms with van der Waals surface area (Å²) in [6.45, 7) is 2.88. The molecule has 0 spiro atoms. The predicted molar refractivity (Wildman–Crippen MR) is 98.9 cm³/mol. The highest BCUT2D eigenvalue weighted by Crippen LogP contribution is 2.29. The van der Waals surface area contributed by atoms with Crippen LogP contribution in [0.15, 0.2) is 18.2 Å². The largest absolute Gasteiger partial charge is 0.453 e. The first-order chi connectivity index (χ1) is 13.4. The number of halogens is 1. The third kappa shape index (κ3) is 4.44. The van der Waals surface area contributed by atoms with Crippen LogP contribution in [0.4, 0.5) is 25.4 Å². The molecule has 2 aliphatic heterocycles. The minimum atomic E-state index is -0.578. The molecule has 3 amide bonds. The van der Waals surface area contributed by atoms with E-state index in [0.717, 1.165) is 0 Å². The van der Waals surface area contributed by atoms with Crippen LogP contribution in [0.3, 0.4) is 0 Å². The minimum absolute atomic E-state index is 0.116. The standard InChI is InChI=1S/C18H23FN4O5/c1-11(24)20-8-14-10-23(18(26)28-14)13-3-4-16(15(19)7-13)22-6-5-12(9-22)21-17(25)27-2/h3-4,7,12,14H,5-6,8-10H2,1-2H3,(H,20,24)(H,21,25)/t12-,14-/m0/s1. The second-order valence-electron chi connectivity index (χ2n) is 6.76. The van der Waals surface area contributed by atoms with Gasteiger partial charge in [0.1, 0.15) is 11.9 Å². The van der Waals surface area contributed by atoms with Crippen LogP contribution >= 0.6 is 0 Å². The maximum absolute atomic E-state index is 14.7. The molecule has 0 radical (unpaired) electrons. The number of carbonyl (C=O) groups is 3. The van der Waals surface area contributed by atoms with E-state index in [1.54, 1.807) is 12.1 Å². The highest BCUT2D eigenvalue weighted by Gasteiger charge is 2.33. The van der Waals surface area contributed by atoms with E-state index in [9.17, 15) is 18.8 Å². The van der Waals surface area contributed by atoms with E-state index in [1.165, 1.54) is 25.0 Å². The highest BCUT2D eigenvalue weighted by atomic mass is 19.1. The van der Waals surface area contributed by atoms with Crippen LogP contribution in [0.2, 0.25) is 0 Å². The number of cyclic esters (lactones) is 1. The summed E-state index contributed by atoms with van der Waals surface area (Å²) >= 11 is 0. The minimum Gasteiger partial charge on any atom is -0.453 e. The molecule has 0 bridgehead atoms. The van der Waals surface area contributed by atoms with E-state index in [-0.39, 0.29) is 25.0 Å². The molecule has 2 atom stereocenters. The van der Waals surface area contributed by atoms with E-state index in [1.807, 2.05) is 4.90 Å². The van der Waals surface area contributed by atoms with Crippen molar-refractivity contribution in [3.05, 3.63) is 24.0 Å². The van der Waals surface area contributed by atoms with Crippen molar-refractivity contribution in [2.75, 3.05) is 43.1 Å². The van der Waals surface area contributed by atoms with E-state index >= 15 is 0 Å². The molecule has 2 saturated heterocycles. The molecule has 0 aromatic heterocycles. The van der Waals surface area contributed by atoms with Crippen LogP contribution in [-0.4, -0.2) is 63.5 Å². The molecule has 1 aromatic rings. The van der Waals surface area contributed by atoms with Gasteiger partial charge in [-0.15, -0.1) is 0 Å². The molecule has 2 heterocycles. The van der Waals surface area contributed by atoms with Crippen molar-refractivity contribution in [1.29, 1.82) is 0 Å². The van der Waals surface area contributed by atoms with Crippen molar-refractivity contribution < 1.29 is 28.2 Å². The Bertz CT molecular complexity index is 774. The van der Waals surface area contributed by atoms with E-state index < -0.39 is 24.1 Å². The van der Waals surface area contributed by atoms with Crippen LogP contribution in [0.1, 0.15) is 13.3 Å². The zero-order valence-electron chi connectivity index (χ0n) is 15.7. The number of carbonyl (C=O) groups excluding carboxylic acids is 3. The number of benzene rings is 1. The lowest BCUT2D eigenvalue weighted by molar-refractivity contribution is -0.119. The fraction of sp³-hybridized carbons (Fsp3) is 0.500. The quantitative estimate of drug-likeness (QED) is 0.779. The Morgan fingerprint density at radius 3 is 2.82 bits per heavy atom. The number of anilines is 2. The maximum atomic E-state index is 14.7. The van der Waals surface area contributed by atoms with Gasteiger partial charge in [0.25, 0.3) is 0 Å². The third-order valence-electron chi connectivity index (χ3n) is 4.73. The molecule has 0 saturated carbocycles. The molecule has 0 aliphatic carbocycles. The van der Waals surface area contributed by atoms with Gasteiger partial charge >= 0.3 is 12.2 Å². The van der Waals surface area contributed by atoms with Gasteiger partial charge in [-0.2, -0.15) is 0 Å². The number of methoxy groups -OCH3 is 1. The summed E-state index contributed by atoms with van der Waals surface area (Å²) in [6, 6.07) is 4.44. The Balaban J connectivity index is 1.64. The second kappa shape index (κ2) is 8.32. The molecule has 2 aliphatic rings. The summed E-state index contributed by atoms with van der Waals surface area (Å²) in [4.78, 5) is 37.5. The maximum Gasteiger partial charge on any atom is 0.414 e. The Kier molecular flexibility index (Phi) is 5.86. The summed E-state index contributed by atoms with van der Waals surface area (Å²) in [5.41, 5.74) is 0.792. The van der Waals surface area contributed by atoms with Crippen LogP contribution in [0.5, 0.6) is 0 Å². The number of nitrogens with zero attached hydrogens (tertiary/aromatic N) is 2. The summed E-state index contributed by atoms with van der Waals surface area (Å²) in [7, 11) is 1.30. The molecule has 10 heteroatoms. The Labute approximate surface area is 161 Å². The number of ether oxygens (including phenoxy) is 2. The summed E-state index contributed by atoms with van der Waals surface area (Å²) < 4.78 is 24.5. The van der Waals surface area contributed by atoms with Gasteiger partial charge < -0.3 is 25.0 Å². The van der Waals surface area contributed by atoms with Gasteiger partial charge in [0.05, 0.1) is 37.6 Å². The first kappa shape index (κ1) is 19.7. The normalized spacial score (nSPS) is 21.5. The Morgan fingerprint density at radius 2 is 2.14 bits per heavy atom. The van der Waals surface area contributed by atoms with Crippen LogP contribution in [0.25, 0.3) is 0 Å². The summed E-state index contributed by atoms with van der Waals surface area (Å²) in [5, 5.41) is 5.31. The van der Waals surface area contributed by atoms with E-state index in [4.69, 9.17) is 4.74 Å². The zero-order valence-corrected chi connectivity index (χ0v) is 15.7. The SMILES string of the molecule is COC(=O)N[C@H]1CCN(c2ccc(N3C[C@H](CNC(C)=O)OC3=O)cc2F)C1. The van der Waals surface area contributed by atoms with Gasteiger partial charge in [0, 0.05) is 20.0 Å². The van der Waals surface area contributed by atoms with Crippen LogP contribution in [-0.2, 0) is 14.3 Å². The summed E-state index contributed by atoms with van der Waals surface area (Å²) in [6.07, 6.45) is -0.891. The van der Waals surface area contributed by atoms with Crippen molar-refractivity contribution >= 4 is 29.5 Å². The predicted octanol–water partition coefficient (Wildman–Crippen LogP) is 1.22. The molecule has 1 aromatic carbocycles. The fourth-order valence-corrected chi connectivity index (χ4v) is 3.34. The average Bonchev–Trinajstić information content (AvgIpc) is 3.26. The molecule has 2 fully saturated rings. The van der Waals surface area contributed by atoms with Crippen molar-refractivity contribution in [3.8, 4) is 0 Å². The number of rotatable bonds is 5. The number of hydrogen-bond donors (Lipinski definition) is 2. The summed E-state index contributed by atoms with van der Waals surface area (Å²) in [5.74, 6) is -0.676. The fourth-order valence-electron chi connectivity index (χ4n) is 3.34. The number of alkyl carbamates (subject to hydrolysis) is 1. The smallest absolute Gasteiger partial charge is 0.414 e. The Hall–Kier alpha value is -3.04. The molecule has 3 rings (SSSR count). The Morgan fingerprint density at radius 1 is 1.36 bits per heavy atom. The topological polar surface area (TPSA) is 100 Å². The second-order valence-corrected chi connectivity index (χ2v) is 6.76. The lowest BCUT2D eigenvalue weighted by Crippen LogP contribution is -2.37. The van der Waals surface area contributed by atoms with Gasteiger partial charge in [-0.3, -0.25) is 9.69 Å². The van der Waals surface area contributed by atoms with E-state index in [0.29, 0.717) is 30.9 Å². The van der Waals surface area contributed by atoms with Gasteiger partial charge in [-0.1, -0.05) is 0 Å². The van der Waals surface area contributed by atoms with Gasteiger partial charge in [-0.25, -0.2) is 14.0 Å². The number of nitrogens with one attached hydrogen (secondary N) is 2. The van der Waals surface area contributed by atoms with Gasteiger partial charge in [0.2, 0.25) is 5.91 Å². The molecule has 0 unspecified atom stereocenters.